The Bertz CT molecular complexity index is 1300. The van der Waals surface area contributed by atoms with Crippen molar-refractivity contribution in [1.29, 1.82) is 0 Å². The predicted octanol–water partition coefficient (Wildman–Crippen LogP) is 4.24. The van der Waals surface area contributed by atoms with Crippen LogP contribution in [-0.2, 0) is 26.0 Å². The first-order valence-electron chi connectivity index (χ1n) is 9.03. The van der Waals surface area contributed by atoms with E-state index in [4.69, 9.17) is 4.42 Å². The quantitative estimate of drug-likeness (QED) is 0.499. The molecule has 0 aliphatic rings. The van der Waals surface area contributed by atoms with E-state index in [0.717, 1.165) is 5.56 Å². The Morgan fingerprint density at radius 1 is 0.969 bits per heavy atom. The monoisotopic (exact) mass is 491 g/mol. The molecule has 32 heavy (non-hydrogen) atoms. The fraction of sp³-hybridized carbons (Fsp3) is 0.200. The molecule has 172 valence electrons. The van der Waals surface area contributed by atoms with E-state index in [-0.39, 0.29) is 16.7 Å². The number of furan rings is 1. The zero-order chi connectivity index (χ0) is 23.7. The first-order chi connectivity index (χ1) is 14.8. The Hall–Kier alpha value is -2.70. The topological polar surface area (TPSA) is 93.5 Å². The van der Waals surface area contributed by atoms with Gasteiger partial charge in [-0.05, 0) is 49.4 Å². The molecule has 1 heterocycles. The van der Waals surface area contributed by atoms with Crippen LogP contribution in [0.3, 0.4) is 0 Å². The number of alkyl halides is 3. The highest BCUT2D eigenvalue weighted by molar-refractivity contribution is 7.92. The molecule has 0 spiro atoms. The SMILES string of the molecule is Cc1ccc(S(=O)(=O)[C@@H](CNS(=O)(=O)c2ccc(F)c(C(F)(F)F)c2)c2ccco2)cc1. The summed E-state index contributed by atoms with van der Waals surface area (Å²) in [6.07, 6.45) is -3.90. The molecule has 2 aromatic carbocycles. The minimum atomic E-state index is -5.11. The summed E-state index contributed by atoms with van der Waals surface area (Å²) in [4.78, 5) is -0.956. The molecule has 0 saturated heterocycles. The average Bonchev–Trinajstić information content (AvgIpc) is 3.21. The van der Waals surface area contributed by atoms with Crippen molar-refractivity contribution < 1.29 is 38.8 Å². The Kier molecular flexibility index (Phi) is 6.50. The first kappa shape index (κ1) is 24.0. The van der Waals surface area contributed by atoms with E-state index in [1.54, 1.807) is 19.1 Å². The number of benzene rings is 2. The number of sulfone groups is 1. The standard InChI is InChI=1S/C20H17F4NO5S2/c1-13-4-6-14(7-5-13)31(26,27)19(18-3-2-10-30-18)12-25-32(28,29)15-8-9-17(21)16(11-15)20(22,23)24/h2-11,19,25H,12H2,1H3/t19-/m0/s1. The molecule has 3 aromatic rings. The second-order valence-electron chi connectivity index (χ2n) is 6.85. The highest BCUT2D eigenvalue weighted by Crippen LogP contribution is 2.33. The van der Waals surface area contributed by atoms with Gasteiger partial charge in [0, 0.05) is 6.54 Å². The lowest BCUT2D eigenvalue weighted by atomic mass is 10.2. The zero-order valence-corrected chi connectivity index (χ0v) is 18.1. The van der Waals surface area contributed by atoms with E-state index in [2.05, 4.69) is 0 Å². The molecule has 1 N–H and O–H groups in total. The van der Waals surface area contributed by atoms with Crippen LogP contribution in [0.2, 0.25) is 0 Å². The van der Waals surface area contributed by atoms with Crippen molar-refractivity contribution in [1.82, 2.24) is 4.72 Å². The Morgan fingerprint density at radius 3 is 2.16 bits per heavy atom. The third kappa shape index (κ3) is 5.03. The number of aryl methyl sites for hydroxylation is 1. The van der Waals surface area contributed by atoms with Crippen LogP contribution < -0.4 is 4.72 Å². The molecule has 1 atom stereocenters. The maximum atomic E-state index is 13.5. The van der Waals surface area contributed by atoms with Crippen LogP contribution in [0.15, 0.2) is 75.1 Å². The average molecular weight is 491 g/mol. The van der Waals surface area contributed by atoms with Gasteiger partial charge in [-0.2, -0.15) is 13.2 Å². The number of nitrogens with one attached hydrogen (secondary N) is 1. The van der Waals surface area contributed by atoms with Crippen LogP contribution >= 0.6 is 0 Å². The Morgan fingerprint density at radius 2 is 1.59 bits per heavy atom. The number of sulfonamides is 1. The van der Waals surface area contributed by atoms with E-state index in [0.29, 0.717) is 12.1 Å². The van der Waals surface area contributed by atoms with Crippen molar-refractivity contribution in [2.24, 2.45) is 0 Å². The van der Waals surface area contributed by atoms with Crippen molar-refractivity contribution >= 4 is 19.9 Å². The molecule has 6 nitrogen and oxygen atoms in total. The highest BCUT2D eigenvalue weighted by atomic mass is 32.2. The van der Waals surface area contributed by atoms with Gasteiger partial charge in [-0.3, -0.25) is 0 Å². The second-order valence-corrected chi connectivity index (χ2v) is 10.8. The van der Waals surface area contributed by atoms with Crippen LogP contribution in [0, 0.1) is 12.7 Å². The third-order valence-corrected chi connectivity index (χ3v) is 8.10. The van der Waals surface area contributed by atoms with Gasteiger partial charge in [0.25, 0.3) is 0 Å². The lowest BCUT2D eigenvalue weighted by Gasteiger charge is -2.17. The summed E-state index contributed by atoms with van der Waals surface area (Å²) in [5, 5.41) is -1.50. The summed E-state index contributed by atoms with van der Waals surface area (Å²) in [5.41, 5.74) is -0.953. The molecule has 0 aliphatic carbocycles. The van der Waals surface area contributed by atoms with E-state index in [1.807, 2.05) is 4.72 Å². The molecule has 0 fully saturated rings. The smallest absolute Gasteiger partial charge is 0.419 e. The van der Waals surface area contributed by atoms with E-state index >= 15 is 0 Å². The van der Waals surface area contributed by atoms with Crippen molar-refractivity contribution in [3.8, 4) is 0 Å². The van der Waals surface area contributed by atoms with Gasteiger partial charge in [-0.1, -0.05) is 17.7 Å². The molecule has 0 amide bonds. The van der Waals surface area contributed by atoms with Crippen molar-refractivity contribution in [3.63, 3.8) is 0 Å². The number of hydrogen-bond acceptors (Lipinski definition) is 5. The highest BCUT2D eigenvalue weighted by Gasteiger charge is 2.36. The summed E-state index contributed by atoms with van der Waals surface area (Å²) in [6.45, 7) is 1.03. The molecule has 0 saturated carbocycles. The summed E-state index contributed by atoms with van der Waals surface area (Å²) >= 11 is 0. The van der Waals surface area contributed by atoms with Crippen molar-refractivity contribution in [3.05, 3.63) is 83.6 Å². The Balaban J connectivity index is 1.94. The molecule has 1 aromatic heterocycles. The van der Waals surface area contributed by atoms with Gasteiger partial charge in [-0.15, -0.1) is 0 Å². The second kappa shape index (κ2) is 8.68. The van der Waals surface area contributed by atoms with Crippen LogP contribution in [0.5, 0.6) is 0 Å². The molecule has 0 bridgehead atoms. The van der Waals surface area contributed by atoms with E-state index in [1.165, 1.54) is 30.5 Å². The minimum absolute atomic E-state index is 0.0663. The molecule has 12 heteroatoms. The fourth-order valence-corrected chi connectivity index (χ4v) is 5.65. The maximum absolute atomic E-state index is 13.5. The summed E-state index contributed by atoms with van der Waals surface area (Å²) in [5.74, 6) is -1.70. The van der Waals surface area contributed by atoms with Crippen LogP contribution in [0.25, 0.3) is 0 Å². The van der Waals surface area contributed by atoms with Gasteiger partial charge in [-0.25, -0.2) is 25.9 Å². The summed E-state index contributed by atoms with van der Waals surface area (Å²) in [7, 11) is -8.76. The van der Waals surface area contributed by atoms with Gasteiger partial charge in [0.05, 0.1) is 21.6 Å². The zero-order valence-electron chi connectivity index (χ0n) is 16.4. The van der Waals surface area contributed by atoms with Crippen LogP contribution in [-0.4, -0.2) is 23.4 Å². The lowest BCUT2D eigenvalue weighted by Crippen LogP contribution is -2.32. The molecular weight excluding hydrogens is 474 g/mol. The number of halogens is 4. The van der Waals surface area contributed by atoms with Gasteiger partial charge in [0.2, 0.25) is 10.0 Å². The van der Waals surface area contributed by atoms with Crippen molar-refractivity contribution in [2.45, 2.75) is 28.1 Å². The summed E-state index contributed by atoms with van der Waals surface area (Å²) < 4.78 is 111. The number of hydrogen-bond donors (Lipinski definition) is 1. The molecular formula is C20H17F4NO5S2. The predicted molar refractivity (Wildman–Crippen MR) is 106 cm³/mol. The molecule has 0 unspecified atom stereocenters. The summed E-state index contributed by atoms with van der Waals surface area (Å²) in [6, 6.07) is 9.76. The number of rotatable bonds is 7. The van der Waals surface area contributed by atoms with Gasteiger partial charge >= 0.3 is 6.18 Å². The molecule has 0 aliphatic heterocycles. The van der Waals surface area contributed by atoms with Gasteiger partial charge in [0.1, 0.15) is 16.8 Å². The fourth-order valence-electron chi connectivity index (χ4n) is 2.89. The third-order valence-electron chi connectivity index (χ3n) is 4.60. The van der Waals surface area contributed by atoms with Crippen molar-refractivity contribution in [2.75, 3.05) is 6.54 Å². The van der Waals surface area contributed by atoms with E-state index in [9.17, 15) is 34.4 Å². The largest absolute Gasteiger partial charge is 0.468 e. The maximum Gasteiger partial charge on any atom is 0.419 e. The van der Waals surface area contributed by atoms with Crippen LogP contribution in [0.1, 0.15) is 22.1 Å². The van der Waals surface area contributed by atoms with E-state index < -0.39 is 54.1 Å². The lowest BCUT2D eigenvalue weighted by molar-refractivity contribution is -0.140. The first-order valence-corrected chi connectivity index (χ1v) is 12.1. The van der Waals surface area contributed by atoms with Crippen LogP contribution in [0.4, 0.5) is 17.6 Å². The Labute approximate surface area is 181 Å². The minimum Gasteiger partial charge on any atom is -0.468 e. The molecule has 3 rings (SSSR count). The van der Waals surface area contributed by atoms with Gasteiger partial charge in [0.15, 0.2) is 9.84 Å². The normalized spacial score (nSPS) is 13.8. The molecule has 0 radical (unpaired) electrons. The van der Waals surface area contributed by atoms with Gasteiger partial charge < -0.3 is 4.42 Å².